The summed E-state index contributed by atoms with van der Waals surface area (Å²) in [5.41, 5.74) is 1.17. The number of benzene rings is 1. The minimum atomic E-state index is 0.163. The van der Waals surface area contributed by atoms with Gasteiger partial charge in [0.15, 0.2) is 11.5 Å². The number of rotatable bonds is 6. The van der Waals surface area contributed by atoms with Crippen molar-refractivity contribution in [2.24, 2.45) is 0 Å². The van der Waals surface area contributed by atoms with Crippen molar-refractivity contribution in [3.8, 4) is 11.5 Å². The highest BCUT2D eigenvalue weighted by Gasteiger charge is 2.17. The number of hydrogen-bond donors (Lipinski definition) is 1. The van der Waals surface area contributed by atoms with Gasteiger partial charge in [-0.15, -0.1) is 11.3 Å². The summed E-state index contributed by atoms with van der Waals surface area (Å²) in [7, 11) is 3.31. The number of halogens is 1. The Morgan fingerprint density at radius 3 is 2.50 bits per heavy atom. The molecule has 0 aliphatic heterocycles. The van der Waals surface area contributed by atoms with Gasteiger partial charge in [-0.1, -0.05) is 13.0 Å². The maximum atomic E-state index is 5.39. The van der Waals surface area contributed by atoms with Crippen molar-refractivity contribution in [3.05, 3.63) is 44.6 Å². The molecule has 1 aromatic heterocycles. The predicted octanol–water partition coefficient (Wildman–Crippen LogP) is 4.23. The van der Waals surface area contributed by atoms with Gasteiger partial charge >= 0.3 is 0 Å². The number of nitrogens with one attached hydrogen (secondary N) is 1. The standard InChI is InChI=1S/C15H18BrNO2S/c1-4-17-15(14-8-11(16)9-20-14)10-5-6-12(18-2)13(7-10)19-3/h5-9,15,17H,4H2,1-3H3. The first-order chi connectivity index (χ1) is 9.69. The van der Waals surface area contributed by atoms with E-state index < -0.39 is 0 Å². The number of thiophene rings is 1. The quantitative estimate of drug-likeness (QED) is 0.840. The van der Waals surface area contributed by atoms with Crippen molar-refractivity contribution in [1.82, 2.24) is 5.32 Å². The molecule has 0 saturated heterocycles. The molecule has 1 atom stereocenters. The Bertz CT molecular complexity index is 571. The van der Waals surface area contributed by atoms with Gasteiger partial charge < -0.3 is 14.8 Å². The van der Waals surface area contributed by atoms with Crippen molar-refractivity contribution in [2.75, 3.05) is 20.8 Å². The fourth-order valence-corrected chi connectivity index (χ4v) is 3.64. The minimum absolute atomic E-state index is 0.163. The lowest BCUT2D eigenvalue weighted by Crippen LogP contribution is -2.21. The van der Waals surface area contributed by atoms with Crippen LogP contribution in [0, 0.1) is 0 Å². The van der Waals surface area contributed by atoms with Gasteiger partial charge in [0.25, 0.3) is 0 Å². The largest absolute Gasteiger partial charge is 0.493 e. The second-order valence-corrected chi connectivity index (χ2v) is 6.13. The third-order valence-corrected chi connectivity index (χ3v) is 4.78. The van der Waals surface area contributed by atoms with Crippen molar-refractivity contribution >= 4 is 27.3 Å². The minimum Gasteiger partial charge on any atom is -0.493 e. The van der Waals surface area contributed by atoms with Gasteiger partial charge in [-0.3, -0.25) is 0 Å². The van der Waals surface area contributed by atoms with Gasteiger partial charge in [-0.25, -0.2) is 0 Å². The SMILES string of the molecule is CCNC(c1ccc(OC)c(OC)c1)c1cc(Br)cs1. The molecule has 2 rings (SSSR count). The number of hydrogen-bond acceptors (Lipinski definition) is 4. The van der Waals surface area contributed by atoms with Crippen molar-refractivity contribution in [1.29, 1.82) is 0 Å². The predicted molar refractivity (Wildman–Crippen MR) is 87.1 cm³/mol. The first-order valence-corrected chi connectivity index (χ1v) is 8.06. The van der Waals surface area contributed by atoms with Gasteiger partial charge in [0.2, 0.25) is 0 Å². The van der Waals surface area contributed by atoms with E-state index >= 15 is 0 Å². The smallest absolute Gasteiger partial charge is 0.161 e. The zero-order chi connectivity index (χ0) is 14.5. The second-order valence-electron chi connectivity index (χ2n) is 4.27. The lowest BCUT2D eigenvalue weighted by molar-refractivity contribution is 0.354. The van der Waals surface area contributed by atoms with E-state index in [1.807, 2.05) is 12.1 Å². The second kappa shape index (κ2) is 7.11. The average Bonchev–Trinajstić information content (AvgIpc) is 2.90. The van der Waals surface area contributed by atoms with E-state index in [2.05, 4.69) is 45.7 Å². The van der Waals surface area contributed by atoms with E-state index in [-0.39, 0.29) is 6.04 Å². The van der Waals surface area contributed by atoms with E-state index in [0.717, 1.165) is 22.5 Å². The van der Waals surface area contributed by atoms with Crippen LogP contribution < -0.4 is 14.8 Å². The highest BCUT2D eigenvalue weighted by atomic mass is 79.9. The first-order valence-electron chi connectivity index (χ1n) is 6.38. The topological polar surface area (TPSA) is 30.5 Å². The van der Waals surface area contributed by atoms with Crippen LogP contribution in [0.15, 0.2) is 34.1 Å². The Morgan fingerprint density at radius 2 is 1.95 bits per heavy atom. The zero-order valence-electron chi connectivity index (χ0n) is 11.8. The summed E-state index contributed by atoms with van der Waals surface area (Å²) in [6, 6.07) is 8.36. The first kappa shape index (κ1) is 15.4. The van der Waals surface area contributed by atoms with Gasteiger partial charge in [0.1, 0.15) is 0 Å². The van der Waals surface area contributed by atoms with Crippen LogP contribution in [0.1, 0.15) is 23.4 Å². The molecular weight excluding hydrogens is 338 g/mol. The molecule has 1 heterocycles. The molecule has 2 aromatic rings. The van der Waals surface area contributed by atoms with Crippen molar-refractivity contribution in [2.45, 2.75) is 13.0 Å². The molecule has 0 radical (unpaired) electrons. The summed E-state index contributed by atoms with van der Waals surface area (Å²) in [6.07, 6.45) is 0. The summed E-state index contributed by atoms with van der Waals surface area (Å²) in [5.74, 6) is 1.50. The number of ether oxygens (including phenoxy) is 2. The molecule has 0 amide bonds. The van der Waals surface area contributed by atoms with Gasteiger partial charge in [-0.2, -0.15) is 0 Å². The Hall–Kier alpha value is -1.04. The van der Waals surface area contributed by atoms with E-state index in [4.69, 9.17) is 9.47 Å². The normalized spacial score (nSPS) is 12.2. The van der Waals surface area contributed by atoms with E-state index in [0.29, 0.717) is 0 Å². The molecule has 0 aliphatic rings. The zero-order valence-corrected chi connectivity index (χ0v) is 14.2. The summed E-state index contributed by atoms with van der Waals surface area (Å²) >= 11 is 5.25. The summed E-state index contributed by atoms with van der Waals surface area (Å²) < 4.78 is 11.8. The molecule has 3 nitrogen and oxygen atoms in total. The molecule has 1 unspecified atom stereocenters. The summed E-state index contributed by atoms with van der Waals surface area (Å²) in [4.78, 5) is 1.27. The maximum Gasteiger partial charge on any atom is 0.161 e. The molecule has 0 spiro atoms. The Balaban J connectivity index is 2.39. The van der Waals surface area contributed by atoms with E-state index in [9.17, 15) is 0 Å². The molecule has 0 fully saturated rings. The molecule has 20 heavy (non-hydrogen) atoms. The Kier molecular flexibility index (Phi) is 5.46. The van der Waals surface area contributed by atoms with Crippen LogP contribution in [0.25, 0.3) is 0 Å². The van der Waals surface area contributed by atoms with Crippen LogP contribution in [0.5, 0.6) is 11.5 Å². The van der Waals surface area contributed by atoms with E-state index in [1.54, 1.807) is 25.6 Å². The van der Waals surface area contributed by atoms with E-state index in [1.165, 1.54) is 10.4 Å². The highest BCUT2D eigenvalue weighted by Crippen LogP contribution is 2.35. The van der Waals surface area contributed by atoms with Crippen molar-refractivity contribution in [3.63, 3.8) is 0 Å². The Morgan fingerprint density at radius 1 is 1.20 bits per heavy atom. The molecule has 5 heteroatoms. The lowest BCUT2D eigenvalue weighted by Gasteiger charge is -2.18. The third-order valence-electron chi connectivity index (χ3n) is 3.02. The average molecular weight is 356 g/mol. The van der Waals surface area contributed by atoms with Gasteiger partial charge in [-0.05, 0) is 46.2 Å². The van der Waals surface area contributed by atoms with Crippen LogP contribution in [0.4, 0.5) is 0 Å². The van der Waals surface area contributed by atoms with Crippen LogP contribution >= 0.6 is 27.3 Å². The molecule has 108 valence electrons. The fourth-order valence-electron chi connectivity index (χ4n) is 2.10. The van der Waals surface area contributed by atoms with Crippen molar-refractivity contribution < 1.29 is 9.47 Å². The molecule has 1 aromatic carbocycles. The number of methoxy groups -OCH3 is 2. The molecule has 0 bridgehead atoms. The third kappa shape index (κ3) is 3.34. The summed E-state index contributed by atoms with van der Waals surface area (Å²) in [6.45, 7) is 3.00. The van der Waals surface area contributed by atoms with Gasteiger partial charge in [0, 0.05) is 14.7 Å². The van der Waals surface area contributed by atoms with Gasteiger partial charge in [0.05, 0.1) is 20.3 Å². The summed E-state index contributed by atoms with van der Waals surface area (Å²) in [5, 5.41) is 5.61. The Labute approximate surface area is 132 Å². The van der Waals surface area contributed by atoms with Crippen LogP contribution in [-0.2, 0) is 0 Å². The molecule has 0 aliphatic carbocycles. The highest BCUT2D eigenvalue weighted by molar-refractivity contribution is 9.10. The lowest BCUT2D eigenvalue weighted by atomic mass is 10.0. The van der Waals surface area contributed by atoms with Crippen LogP contribution in [0.2, 0.25) is 0 Å². The monoisotopic (exact) mass is 355 g/mol. The maximum absolute atomic E-state index is 5.39. The molecule has 0 saturated carbocycles. The molecule has 1 N–H and O–H groups in total. The van der Waals surface area contributed by atoms with Crippen LogP contribution in [-0.4, -0.2) is 20.8 Å². The molecular formula is C15H18BrNO2S. The van der Waals surface area contributed by atoms with Crippen LogP contribution in [0.3, 0.4) is 0 Å². The fraction of sp³-hybridized carbons (Fsp3) is 0.333.